The van der Waals surface area contributed by atoms with Crippen LogP contribution in [0.15, 0.2) is 18.0 Å². The van der Waals surface area contributed by atoms with Gasteiger partial charge in [0, 0.05) is 32.8 Å². The van der Waals surface area contributed by atoms with Crippen molar-refractivity contribution in [3.63, 3.8) is 0 Å². The minimum Gasteiger partial charge on any atom is -0.385 e. The second-order valence-corrected chi connectivity index (χ2v) is 4.68. The number of hydrogen-bond donors (Lipinski definition) is 1. The van der Waals surface area contributed by atoms with Crippen molar-refractivity contribution in [2.24, 2.45) is 7.05 Å². The highest BCUT2D eigenvalue weighted by molar-refractivity contribution is 6.24. The molecule has 0 saturated carbocycles. The maximum Gasteiger partial charge on any atom is 0.226 e. The summed E-state index contributed by atoms with van der Waals surface area (Å²) >= 11 is 0. The van der Waals surface area contributed by atoms with Crippen LogP contribution in [0.5, 0.6) is 0 Å². The molecule has 0 unspecified atom stereocenters. The molecule has 0 spiro atoms. The predicted octanol–water partition coefficient (Wildman–Crippen LogP) is 0.312. The van der Waals surface area contributed by atoms with Gasteiger partial charge in [-0.3, -0.25) is 4.79 Å². The number of carbonyl (C=O) groups excluding carboxylic acids is 1. The fourth-order valence-corrected chi connectivity index (χ4v) is 2.74. The average molecular weight is 230 g/mol. The molecule has 2 heterocycles. The topological polar surface area (TPSA) is 37.0 Å². The molecule has 1 aliphatic heterocycles. The zero-order chi connectivity index (χ0) is 12.2. The van der Waals surface area contributed by atoms with E-state index in [1.165, 1.54) is 5.56 Å². The zero-order valence-corrected chi connectivity index (χ0v) is 10.4. The Balaban J connectivity index is 2.35. The van der Waals surface area contributed by atoms with Crippen molar-refractivity contribution < 1.29 is 9.37 Å². The molecule has 4 heteroatoms. The van der Waals surface area contributed by atoms with Gasteiger partial charge in [0.15, 0.2) is 0 Å². The quantitative estimate of drug-likeness (QED) is 0.705. The number of aromatic nitrogens is 1. The van der Waals surface area contributed by atoms with Crippen molar-refractivity contribution in [3.8, 4) is 0 Å². The van der Waals surface area contributed by atoms with E-state index in [9.17, 15) is 4.79 Å². The van der Waals surface area contributed by atoms with E-state index >= 15 is 0 Å². The summed E-state index contributed by atoms with van der Waals surface area (Å²) < 4.78 is 4.17. The molecule has 0 fully saturated rings. The average Bonchev–Trinajstić information content (AvgIpc) is 2.64. The maximum atomic E-state index is 12.3. The summed E-state index contributed by atoms with van der Waals surface area (Å²) in [5.74, 6) is 0.0929. The highest BCUT2D eigenvalue weighted by Gasteiger charge is 2.35. The molecule has 4 nitrogen and oxygen atoms in total. The smallest absolute Gasteiger partial charge is 0.226 e. The Morgan fingerprint density at radius 2 is 2.24 bits per heavy atom. The third-order valence-corrected chi connectivity index (χ3v) is 3.65. The van der Waals surface area contributed by atoms with Gasteiger partial charge in [-0.25, -0.2) is 4.58 Å². The van der Waals surface area contributed by atoms with Crippen LogP contribution in [-0.2, 0) is 13.5 Å². The molecule has 0 amide bonds. The summed E-state index contributed by atoms with van der Waals surface area (Å²) in [7, 11) is 5.82. The first-order valence-electron chi connectivity index (χ1n) is 5.84. The Hall–Kier alpha value is -1.84. The zero-order valence-electron chi connectivity index (χ0n) is 10.4. The summed E-state index contributed by atoms with van der Waals surface area (Å²) in [5, 5.41) is 2.99. The molecule has 2 aliphatic rings. The monoisotopic (exact) mass is 230 g/mol. The van der Waals surface area contributed by atoms with Gasteiger partial charge in [0.05, 0.1) is 11.3 Å². The fourth-order valence-electron chi connectivity index (χ4n) is 2.74. The van der Waals surface area contributed by atoms with Gasteiger partial charge in [0.1, 0.15) is 19.3 Å². The van der Waals surface area contributed by atoms with Crippen molar-refractivity contribution in [2.75, 3.05) is 20.6 Å². The van der Waals surface area contributed by atoms with Gasteiger partial charge in [0.2, 0.25) is 11.5 Å². The van der Waals surface area contributed by atoms with E-state index in [1.54, 1.807) is 7.05 Å². The minimum atomic E-state index is 0.0929. The van der Waals surface area contributed by atoms with Gasteiger partial charge in [-0.05, 0) is 5.56 Å². The van der Waals surface area contributed by atoms with E-state index in [0.29, 0.717) is 5.70 Å². The number of carbonyl (C=O) groups is 1. The van der Waals surface area contributed by atoms with E-state index in [-0.39, 0.29) is 5.78 Å². The fraction of sp³-hybridized carbons (Fsp3) is 0.385. The summed E-state index contributed by atoms with van der Waals surface area (Å²) in [6, 6.07) is 0. The van der Waals surface area contributed by atoms with Gasteiger partial charge in [0.25, 0.3) is 0 Å². The Morgan fingerprint density at radius 3 is 2.94 bits per heavy atom. The highest BCUT2D eigenvalue weighted by atomic mass is 16.1. The van der Waals surface area contributed by atoms with Crippen LogP contribution in [0.25, 0.3) is 0 Å². The first-order chi connectivity index (χ1) is 8.13. The normalized spacial score (nSPS) is 18.1. The first-order valence-corrected chi connectivity index (χ1v) is 5.84. The lowest BCUT2D eigenvalue weighted by Gasteiger charge is -2.18. The van der Waals surface area contributed by atoms with Crippen LogP contribution in [0.1, 0.15) is 21.6 Å². The van der Waals surface area contributed by atoms with Crippen molar-refractivity contribution >= 4 is 11.5 Å². The molecule has 1 aromatic rings. The third kappa shape index (κ3) is 1.24. The number of rotatable bonds is 1. The Morgan fingerprint density at radius 1 is 1.47 bits per heavy atom. The molecular weight excluding hydrogens is 214 g/mol. The molecular formula is C13H16N3O+. The second kappa shape index (κ2) is 3.32. The van der Waals surface area contributed by atoms with Crippen LogP contribution in [0.4, 0.5) is 0 Å². The number of Topliss-reactive ketones (excluding diaryl/α,β-unsaturated/α-hetero) is 1. The molecule has 1 aliphatic carbocycles. The van der Waals surface area contributed by atoms with Crippen molar-refractivity contribution in [1.29, 1.82) is 0 Å². The molecule has 88 valence electrons. The van der Waals surface area contributed by atoms with Crippen molar-refractivity contribution in [1.82, 2.24) is 9.88 Å². The first kappa shape index (κ1) is 10.3. The number of hydrogen-bond acceptors (Lipinski definition) is 2. The van der Waals surface area contributed by atoms with Crippen LogP contribution in [0, 0.1) is 0 Å². The second-order valence-electron chi connectivity index (χ2n) is 4.68. The standard InChI is InChI=1S/C13H15N3O/c1-14-9-6-10-11-8(4-5-15(10)2)7-16(3)12(11)13(9)17/h6-7H,4-5H2,1-3H3/p+1. The van der Waals surface area contributed by atoms with E-state index in [0.717, 1.165) is 29.9 Å². The highest BCUT2D eigenvalue weighted by Crippen LogP contribution is 2.27. The third-order valence-electron chi connectivity index (χ3n) is 3.65. The molecule has 3 rings (SSSR count). The number of ketones is 1. The maximum absolute atomic E-state index is 12.3. The molecule has 0 aromatic carbocycles. The van der Waals surface area contributed by atoms with Crippen LogP contribution >= 0.6 is 0 Å². The molecule has 0 atom stereocenters. The van der Waals surface area contributed by atoms with Crippen LogP contribution in [0.3, 0.4) is 0 Å². The van der Waals surface area contributed by atoms with Crippen molar-refractivity contribution in [2.45, 2.75) is 6.42 Å². The van der Waals surface area contributed by atoms with E-state index in [1.807, 2.05) is 17.7 Å². The van der Waals surface area contributed by atoms with Crippen LogP contribution < -0.4 is 5.32 Å². The lowest BCUT2D eigenvalue weighted by atomic mass is 9.92. The molecule has 0 bridgehead atoms. The number of aryl methyl sites for hydroxylation is 1. The van der Waals surface area contributed by atoms with E-state index in [4.69, 9.17) is 0 Å². The Bertz CT molecular complexity index is 590. The summed E-state index contributed by atoms with van der Waals surface area (Å²) in [4.78, 5) is 12.3. The summed E-state index contributed by atoms with van der Waals surface area (Å²) in [6.45, 7) is 1.01. The van der Waals surface area contributed by atoms with Gasteiger partial charge >= 0.3 is 0 Å². The number of nitrogens with one attached hydrogen (secondary N) is 1. The molecule has 17 heavy (non-hydrogen) atoms. The lowest BCUT2D eigenvalue weighted by molar-refractivity contribution is -0.497. The Labute approximate surface area is 100 Å². The molecule has 0 saturated heterocycles. The van der Waals surface area contributed by atoms with Crippen molar-refractivity contribution in [3.05, 3.63) is 34.8 Å². The van der Waals surface area contributed by atoms with Gasteiger partial charge in [-0.15, -0.1) is 0 Å². The Kier molecular flexibility index (Phi) is 2.02. The largest absolute Gasteiger partial charge is 0.385 e. The van der Waals surface area contributed by atoms with Gasteiger partial charge in [-0.1, -0.05) is 0 Å². The lowest BCUT2D eigenvalue weighted by Crippen LogP contribution is -2.33. The van der Waals surface area contributed by atoms with E-state index < -0.39 is 0 Å². The summed E-state index contributed by atoms with van der Waals surface area (Å²) in [6.07, 6.45) is 5.06. The van der Waals surface area contributed by atoms with Crippen LogP contribution in [-0.4, -0.2) is 41.3 Å². The molecule has 1 aromatic heterocycles. The minimum absolute atomic E-state index is 0.0929. The van der Waals surface area contributed by atoms with Crippen LogP contribution in [0.2, 0.25) is 0 Å². The molecule has 1 N–H and O–H groups in total. The summed E-state index contributed by atoms with van der Waals surface area (Å²) in [5.41, 5.74) is 5.06. The SMILES string of the molecule is CNC1=CC2=[N+](C)CCc3cn(C)c(c32)C1=O. The number of nitrogens with zero attached hydrogens (tertiary/aromatic N) is 2. The number of allylic oxidation sites excluding steroid dienone is 2. The number of likely N-dealkylation sites (N-methyl/N-ethyl adjacent to an activating group) is 2. The van der Waals surface area contributed by atoms with Gasteiger partial charge in [-0.2, -0.15) is 0 Å². The van der Waals surface area contributed by atoms with E-state index in [2.05, 4.69) is 23.1 Å². The van der Waals surface area contributed by atoms with Gasteiger partial charge < -0.3 is 9.88 Å². The molecule has 0 radical (unpaired) electrons. The predicted molar refractivity (Wildman–Crippen MR) is 65.8 cm³/mol.